The maximum absolute atomic E-state index is 13.1. The topological polar surface area (TPSA) is 83.5 Å². The first-order valence-electron chi connectivity index (χ1n) is 8.37. The molecule has 6 nitrogen and oxygen atoms in total. The van der Waals surface area contributed by atoms with Crippen LogP contribution in [0, 0.1) is 6.92 Å². The third kappa shape index (κ3) is 3.66. The van der Waals surface area contributed by atoms with E-state index in [4.69, 9.17) is 10.5 Å². The van der Waals surface area contributed by atoms with Crippen LogP contribution in [-0.4, -0.2) is 30.1 Å². The van der Waals surface area contributed by atoms with Gasteiger partial charge in [0.2, 0.25) is 5.91 Å². The Bertz CT molecular complexity index is 1040. The molecule has 1 heterocycles. The number of hydrogen-bond donors (Lipinski definition) is 1. The summed E-state index contributed by atoms with van der Waals surface area (Å²) in [4.78, 5) is 24.6. The van der Waals surface area contributed by atoms with Gasteiger partial charge in [-0.3, -0.25) is 14.2 Å². The molecule has 0 aliphatic carbocycles. The van der Waals surface area contributed by atoms with Crippen LogP contribution in [0.4, 0.5) is 8.78 Å². The van der Waals surface area contributed by atoms with Gasteiger partial charge in [0.1, 0.15) is 11.5 Å². The van der Waals surface area contributed by atoms with Crippen LogP contribution >= 0.6 is 0 Å². The number of aromatic nitrogens is 1. The Morgan fingerprint density at radius 3 is 2.32 bits per heavy atom. The number of alkyl halides is 2. The Hall–Kier alpha value is -3.42. The standard InChI is InChI=1S/C20H18F2N2O4/c1-11-15(10-18(23)25)16-9-14(27-2)7-8-17(16)24(11)19(26)12-3-5-13(6-4-12)28-20(21)22/h3-9,20H,10H2,1-2H3,(H2,23,25). The molecule has 0 spiro atoms. The van der Waals surface area contributed by atoms with Crippen LogP contribution in [0.3, 0.4) is 0 Å². The van der Waals surface area contributed by atoms with Crippen molar-refractivity contribution in [3.8, 4) is 11.5 Å². The molecule has 28 heavy (non-hydrogen) atoms. The largest absolute Gasteiger partial charge is 0.497 e. The van der Waals surface area contributed by atoms with Crippen LogP contribution in [0.5, 0.6) is 11.5 Å². The van der Waals surface area contributed by atoms with Gasteiger partial charge in [-0.05, 0) is 55.0 Å². The van der Waals surface area contributed by atoms with Crippen LogP contribution in [0.15, 0.2) is 42.5 Å². The van der Waals surface area contributed by atoms with Gasteiger partial charge in [0.05, 0.1) is 19.0 Å². The van der Waals surface area contributed by atoms with Gasteiger partial charge in [0.25, 0.3) is 5.91 Å². The van der Waals surface area contributed by atoms with E-state index in [0.29, 0.717) is 27.9 Å². The maximum Gasteiger partial charge on any atom is 0.387 e. The average molecular weight is 388 g/mol. The first kappa shape index (κ1) is 19.3. The molecule has 0 aliphatic rings. The van der Waals surface area contributed by atoms with E-state index in [0.717, 1.165) is 0 Å². The lowest BCUT2D eigenvalue weighted by atomic mass is 10.1. The highest BCUT2D eigenvalue weighted by atomic mass is 19.3. The number of carbonyl (C=O) groups is 2. The van der Waals surface area contributed by atoms with E-state index in [1.165, 1.54) is 35.9 Å². The molecule has 2 aromatic carbocycles. The predicted octanol–water partition coefficient (Wildman–Crippen LogP) is 3.28. The van der Waals surface area contributed by atoms with Gasteiger partial charge in [0, 0.05) is 16.6 Å². The third-order valence-corrected chi connectivity index (χ3v) is 4.42. The summed E-state index contributed by atoms with van der Waals surface area (Å²) < 4.78 is 35.6. The minimum atomic E-state index is -2.94. The number of primary amides is 1. The average Bonchev–Trinajstić information content (AvgIpc) is 2.92. The number of ether oxygens (including phenoxy) is 2. The normalized spacial score (nSPS) is 11.0. The van der Waals surface area contributed by atoms with Crippen molar-refractivity contribution in [2.24, 2.45) is 5.73 Å². The molecule has 3 rings (SSSR count). The van der Waals surface area contributed by atoms with E-state index in [1.807, 2.05) is 0 Å². The smallest absolute Gasteiger partial charge is 0.387 e. The summed E-state index contributed by atoms with van der Waals surface area (Å²) in [5, 5.41) is 0.682. The lowest BCUT2D eigenvalue weighted by Gasteiger charge is -2.09. The Morgan fingerprint density at radius 2 is 1.75 bits per heavy atom. The predicted molar refractivity (Wildman–Crippen MR) is 98.9 cm³/mol. The molecule has 0 saturated heterocycles. The number of nitrogens with two attached hydrogens (primary N) is 1. The van der Waals surface area contributed by atoms with Crippen molar-refractivity contribution in [2.75, 3.05) is 7.11 Å². The van der Waals surface area contributed by atoms with Gasteiger partial charge in [-0.1, -0.05) is 0 Å². The molecule has 146 valence electrons. The molecule has 0 aliphatic heterocycles. The molecule has 2 N–H and O–H groups in total. The van der Waals surface area contributed by atoms with E-state index in [2.05, 4.69) is 4.74 Å². The van der Waals surface area contributed by atoms with Gasteiger partial charge in [-0.25, -0.2) is 0 Å². The molecular formula is C20H18F2N2O4. The second kappa shape index (κ2) is 7.67. The first-order valence-corrected chi connectivity index (χ1v) is 8.37. The highest BCUT2D eigenvalue weighted by Gasteiger charge is 2.21. The van der Waals surface area contributed by atoms with Crippen molar-refractivity contribution in [1.29, 1.82) is 0 Å². The summed E-state index contributed by atoms with van der Waals surface area (Å²) in [5.74, 6) is -0.353. The summed E-state index contributed by atoms with van der Waals surface area (Å²) in [6.07, 6.45) is -0.0308. The SMILES string of the molecule is COc1ccc2c(c1)c(CC(N)=O)c(C)n2C(=O)c1ccc(OC(F)F)cc1. The summed E-state index contributed by atoms with van der Waals surface area (Å²) in [6, 6.07) is 10.6. The van der Waals surface area contributed by atoms with Crippen molar-refractivity contribution >= 4 is 22.7 Å². The molecule has 0 bridgehead atoms. The van der Waals surface area contributed by atoms with E-state index >= 15 is 0 Å². The second-order valence-electron chi connectivity index (χ2n) is 6.13. The minimum Gasteiger partial charge on any atom is -0.497 e. The Labute approximate surface area is 159 Å². The molecule has 0 saturated carbocycles. The Kier molecular flexibility index (Phi) is 5.30. The molecule has 0 fully saturated rings. The Morgan fingerprint density at radius 1 is 1.11 bits per heavy atom. The van der Waals surface area contributed by atoms with Crippen LogP contribution in [-0.2, 0) is 11.2 Å². The number of fused-ring (bicyclic) bond motifs is 1. The van der Waals surface area contributed by atoms with Crippen molar-refractivity contribution < 1.29 is 27.8 Å². The lowest BCUT2D eigenvalue weighted by molar-refractivity contribution is -0.117. The van der Waals surface area contributed by atoms with Crippen LogP contribution in [0.25, 0.3) is 10.9 Å². The molecule has 1 amide bonds. The molecule has 3 aromatic rings. The van der Waals surface area contributed by atoms with Gasteiger partial charge in [-0.2, -0.15) is 8.78 Å². The fourth-order valence-corrected chi connectivity index (χ4v) is 3.16. The molecule has 8 heteroatoms. The zero-order chi connectivity index (χ0) is 20.4. The van der Waals surface area contributed by atoms with Gasteiger partial charge in [0.15, 0.2) is 0 Å². The number of amides is 1. The number of carbonyl (C=O) groups excluding carboxylic acids is 2. The van der Waals surface area contributed by atoms with Crippen molar-refractivity contribution in [2.45, 2.75) is 20.0 Å². The zero-order valence-corrected chi connectivity index (χ0v) is 15.2. The van der Waals surface area contributed by atoms with E-state index < -0.39 is 12.5 Å². The van der Waals surface area contributed by atoms with Crippen molar-refractivity contribution in [1.82, 2.24) is 4.57 Å². The number of rotatable bonds is 6. The number of hydrogen-bond acceptors (Lipinski definition) is 4. The zero-order valence-electron chi connectivity index (χ0n) is 15.2. The van der Waals surface area contributed by atoms with E-state index in [-0.39, 0.29) is 23.6 Å². The lowest BCUT2D eigenvalue weighted by Crippen LogP contribution is -2.16. The fraction of sp³-hybridized carbons (Fsp3) is 0.200. The first-order chi connectivity index (χ1) is 13.3. The Balaban J connectivity index is 2.10. The molecular weight excluding hydrogens is 370 g/mol. The van der Waals surface area contributed by atoms with Gasteiger partial charge in [-0.15, -0.1) is 0 Å². The minimum absolute atomic E-state index is 0.0308. The molecule has 0 radical (unpaired) electrons. The summed E-state index contributed by atoms with van der Waals surface area (Å²) in [6.45, 7) is -1.22. The monoisotopic (exact) mass is 388 g/mol. The van der Waals surface area contributed by atoms with E-state index in [9.17, 15) is 18.4 Å². The van der Waals surface area contributed by atoms with Gasteiger partial charge >= 0.3 is 6.61 Å². The third-order valence-electron chi connectivity index (χ3n) is 4.42. The molecule has 0 atom stereocenters. The van der Waals surface area contributed by atoms with Crippen LogP contribution < -0.4 is 15.2 Å². The summed E-state index contributed by atoms with van der Waals surface area (Å²) >= 11 is 0. The summed E-state index contributed by atoms with van der Waals surface area (Å²) in [5.41, 5.74) is 7.44. The van der Waals surface area contributed by atoms with Crippen LogP contribution in [0.2, 0.25) is 0 Å². The molecule has 1 aromatic heterocycles. The van der Waals surface area contributed by atoms with Crippen molar-refractivity contribution in [3.05, 3.63) is 59.3 Å². The van der Waals surface area contributed by atoms with Crippen molar-refractivity contribution in [3.63, 3.8) is 0 Å². The maximum atomic E-state index is 13.1. The van der Waals surface area contributed by atoms with Crippen LogP contribution in [0.1, 0.15) is 21.6 Å². The number of benzene rings is 2. The second-order valence-corrected chi connectivity index (χ2v) is 6.13. The number of methoxy groups -OCH3 is 1. The summed E-state index contributed by atoms with van der Waals surface area (Å²) in [7, 11) is 1.52. The van der Waals surface area contributed by atoms with E-state index in [1.54, 1.807) is 25.1 Å². The number of halogens is 2. The highest BCUT2D eigenvalue weighted by Crippen LogP contribution is 2.30. The van der Waals surface area contributed by atoms with Gasteiger partial charge < -0.3 is 15.2 Å². The molecule has 0 unspecified atom stereocenters. The quantitative estimate of drug-likeness (QED) is 0.703. The number of nitrogens with zero attached hydrogens (tertiary/aromatic N) is 1. The highest BCUT2D eigenvalue weighted by molar-refractivity contribution is 6.05. The fourth-order valence-electron chi connectivity index (χ4n) is 3.16.